The van der Waals surface area contributed by atoms with Gasteiger partial charge in [-0.1, -0.05) is 0 Å². The van der Waals surface area contributed by atoms with Crippen molar-refractivity contribution in [3.63, 3.8) is 0 Å². The van der Waals surface area contributed by atoms with Gasteiger partial charge in [-0.25, -0.2) is 0 Å². The highest BCUT2D eigenvalue weighted by molar-refractivity contribution is 5.96. The highest BCUT2D eigenvalue weighted by Gasteiger charge is 2.11. The average Bonchev–Trinajstić information content (AvgIpc) is 2.16. The molecule has 1 aromatic carbocycles. The van der Waals surface area contributed by atoms with E-state index in [-0.39, 0.29) is 17.1 Å². The third-order valence-electron chi connectivity index (χ3n) is 2.07. The first-order valence-corrected chi connectivity index (χ1v) is 4.99. The van der Waals surface area contributed by atoms with E-state index in [1.807, 2.05) is 0 Å². The summed E-state index contributed by atoms with van der Waals surface area (Å²) in [5.41, 5.74) is 0.100. The highest BCUT2D eigenvalue weighted by atomic mass is 16.3. The summed E-state index contributed by atoms with van der Waals surface area (Å²) in [6, 6.07) is 3.76. The summed E-state index contributed by atoms with van der Waals surface area (Å²) in [7, 11) is 0. The first-order valence-electron chi connectivity index (χ1n) is 4.99. The second kappa shape index (κ2) is 5.37. The molecule has 0 aliphatic heterocycles. The van der Waals surface area contributed by atoms with Gasteiger partial charge in [-0.2, -0.15) is 0 Å². The maximum absolute atomic E-state index is 11.5. The summed E-state index contributed by atoms with van der Waals surface area (Å²) in [5.74, 6) is -0.800. The minimum atomic E-state index is -0.478. The van der Waals surface area contributed by atoms with Crippen molar-refractivity contribution in [1.82, 2.24) is 5.32 Å². The molecule has 1 aromatic rings. The van der Waals surface area contributed by atoms with Crippen molar-refractivity contribution in [2.45, 2.75) is 19.4 Å². The fourth-order valence-corrected chi connectivity index (χ4v) is 1.20. The molecule has 0 saturated carbocycles. The minimum Gasteiger partial charge on any atom is -0.508 e. The lowest BCUT2D eigenvalue weighted by molar-refractivity contribution is 0.0943. The van der Waals surface area contributed by atoms with Gasteiger partial charge in [0.1, 0.15) is 11.5 Å². The van der Waals surface area contributed by atoms with Gasteiger partial charge in [-0.3, -0.25) is 4.79 Å². The Labute approximate surface area is 93.4 Å². The van der Waals surface area contributed by atoms with Crippen LogP contribution in [0.1, 0.15) is 23.7 Å². The average molecular weight is 225 g/mol. The Kier molecular flexibility index (Phi) is 4.13. The van der Waals surface area contributed by atoms with Gasteiger partial charge >= 0.3 is 0 Å². The molecule has 0 bridgehead atoms. The molecule has 5 nitrogen and oxygen atoms in total. The molecule has 1 atom stereocenters. The van der Waals surface area contributed by atoms with Crippen LogP contribution in [0.5, 0.6) is 11.5 Å². The molecule has 0 radical (unpaired) electrons. The maximum Gasteiger partial charge on any atom is 0.255 e. The Bertz CT molecular complexity index is 376. The molecule has 0 aliphatic carbocycles. The molecule has 0 heterocycles. The second-order valence-electron chi connectivity index (χ2n) is 3.60. The number of aliphatic hydroxyl groups is 1. The zero-order chi connectivity index (χ0) is 12.1. The van der Waals surface area contributed by atoms with Crippen LogP contribution in [0.15, 0.2) is 18.2 Å². The number of phenols is 2. The van der Waals surface area contributed by atoms with Gasteiger partial charge in [0.05, 0.1) is 11.7 Å². The van der Waals surface area contributed by atoms with Crippen molar-refractivity contribution >= 4 is 5.91 Å². The van der Waals surface area contributed by atoms with Crippen LogP contribution in [-0.2, 0) is 0 Å². The number of aromatic hydroxyl groups is 2. The van der Waals surface area contributed by atoms with E-state index in [2.05, 4.69) is 5.32 Å². The molecular weight excluding hydrogens is 210 g/mol. The molecule has 0 fully saturated rings. The number of aliphatic hydroxyl groups excluding tert-OH is 1. The Hall–Kier alpha value is -1.75. The van der Waals surface area contributed by atoms with Gasteiger partial charge in [0.2, 0.25) is 0 Å². The van der Waals surface area contributed by atoms with Crippen molar-refractivity contribution in [3.05, 3.63) is 23.8 Å². The molecule has 88 valence electrons. The maximum atomic E-state index is 11.5. The lowest BCUT2D eigenvalue weighted by Crippen LogP contribution is -2.26. The SMILES string of the molecule is CC(O)CCNC(=O)c1ccc(O)cc1O. The van der Waals surface area contributed by atoms with Crippen LogP contribution < -0.4 is 5.32 Å². The van der Waals surface area contributed by atoms with Crippen molar-refractivity contribution in [2.75, 3.05) is 6.54 Å². The van der Waals surface area contributed by atoms with Crippen LogP contribution in [0, 0.1) is 0 Å². The zero-order valence-corrected chi connectivity index (χ0v) is 8.97. The standard InChI is InChI=1S/C11H15NO4/c1-7(13)4-5-12-11(16)9-3-2-8(14)6-10(9)15/h2-3,6-7,13-15H,4-5H2,1H3,(H,12,16). The molecule has 1 amide bonds. The number of rotatable bonds is 4. The summed E-state index contributed by atoms with van der Waals surface area (Å²) in [6.45, 7) is 1.96. The van der Waals surface area contributed by atoms with Crippen LogP contribution in [-0.4, -0.2) is 33.9 Å². The Morgan fingerprint density at radius 2 is 2.12 bits per heavy atom. The van der Waals surface area contributed by atoms with E-state index in [9.17, 15) is 9.90 Å². The normalized spacial score (nSPS) is 12.1. The van der Waals surface area contributed by atoms with E-state index in [0.717, 1.165) is 6.07 Å². The highest BCUT2D eigenvalue weighted by Crippen LogP contribution is 2.22. The zero-order valence-electron chi connectivity index (χ0n) is 8.97. The number of nitrogens with one attached hydrogen (secondary N) is 1. The molecule has 0 saturated heterocycles. The van der Waals surface area contributed by atoms with Gasteiger partial charge in [0.25, 0.3) is 5.91 Å². The van der Waals surface area contributed by atoms with E-state index in [1.165, 1.54) is 12.1 Å². The molecule has 0 aliphatic rings. The molecule has 0 aromatic heterocycles. The fraction of sp³-hybridized carbons (Fsp3) is 0.364. The predicted octanol–water partition coefficient (Wildman–Crippen LogP) is 0.599. The van der Waals surface area contributed by atoms with Crippen LogP contribution in [0.3, 0.4) is 0 Å². The first-order chi connectivity index (χ1) is 7.50. The minimum absolute atomic E-state index is 0.0990. The Morgan fingerprint density at radius 1 is 1.44 bits per heavy atom. The van der Waals surface area contributed by atoms with Gasteiger partial charge in [-0.05, 0) is 25.5 Å². The lowest BCUT2D eigenvalue weighted by Gasteiger charge is -2.08. The smallest absolute Gasteiger partial charge is 0.255 e. The molecule has 1 rings (SSSR count). The summed E-state index contributed by atoms with van der Waals surface area (Å²) in [6.07, 6.45) is -0.0290. The fourth-order valence-electron chi connectivity index (χ4n) is 1.20. The van der Waals surface area contributed by atoms with E-state index in [1.54, 1.807) is 6.92 Å². The number of hydrogen-bond donors (Lipinski definition) is 4. The molecule has 0 spiro atoms. The molecule has 4 N–H and O–H groups in total. The van der Waals surface area contributed by atoms with Crippen molar-refractivity contribution in [1.29, 1.82) is 0 Å². The number of benzene rings is 1. The van der Waals surface area contributed by atoms with Crippen molar-refractivity contribution in [3.8, 4) is 11.5 Å². The van der Waals surface area contributed by atoms with Crippen molar-refractivity contribution in [2.24, 2.45) is 0 Å². The van der Waals surface area contributed by atoms with Crippen LogP contribution >= 0.6 is 0 Å². The third kappa shape index (κ3) is 3.43. The van der Waals surface area contributed by atoms with Gasteiger partial charge in [0, 0.05) is 12.6 Å². The molecular formula is C11H15NO4. The topological polar surface area (TPSA) is 89.8 Å². The summed E-state index contributed by atoms with van der Waals surface area (Å²) in [5, 5.41) is 30.0. The lowest BCUT2D eigenvalue weighted by atomic mass is 10.1. The number of hydrogen-bond acceptors (Lipinski definition) is 4. The van der Waals surface area contributed by atoms with E-state index < -0.39 is 12.0 Å². The second-order valence-corrected chi connectivity index (χ2v) is 3.60. The third-order valence-corrected chi connectivity index (χ3v) is 2.07. The van der Waals surface area contributed by atoms with Crippen LogP contribution in [0.2, 0.25) is 0 Å². The summed E-state index contributed by atoms with van der Waals surface area (Å²) >= 11 is 0. The summed E-state index contributed by atoms with van der Waals surface area (Å²) < 4.78 is 0. The number of phenolic OH excluding ortho intramolecular Hbond substituents is 2. The Morgan fingerprint density at radius 3 is 2.69 bits per heavy atom. The van der Waals surface area contributed by atoms with Gasteiger partial charge in [-0.15, -0.1) is 0 Å². The summed E-state index contributed by atoms with van der Waals surface area (Å²) in [4.78, 5) is 11.5. The largest absolute Gasteiger partial charge is 0.508 e. The number of carbonyl (C=O) groups excluding carboxylic acids is 1. The van der Waals surface area contributed by atoms with E-state index in [0.29, 0.717) is 13.0 Å². The predicted molar refractivity (Wildman–Crippen MR) is 58.4 cm³/mol. The van der Waals surface area contributed by atoms with E-state index >= 15 is 0 Å². The van der Waals surface area contributed by atoms with Gasteiger partial charge in [0.15, 0.2) is 0 Å². The molecule has 1 unspecified atom stereocenters. The number of carbonyl (C=O) groups is 1. The first kappa shape index (κ1) is 12.3. The quantitative estimate of drug-likeness (QED) is 0.604. The van der Waals surface area contributed by atoms with Crippen LogP contribution in [0.25, 0.3) is 0 Å². The van der Waals surface area contributed by atoms with E-state index in [4.69, 9.17) is 10.2 Å². The molecule has 5 heteroatoms. The molecule has 16 heavy (non-hydrogen) atoms. The Balaban J connectivity index is 2.59. The monoisotopic (exact) mass is 225 g/mol. The number of amides is 1. The van der Waals surface area contributed by atoms with Crippen LogP contribution in [0.4, 0.5) is 0 Å². The van der Waals surface area contributed by atoms with Crippen molar-refractivity contribution < 1.29 is 20.1 Å². The van der Waals surface area contributed by atoms with Gasteiger partial charge < -0.3 is 20.6 Å².